The van der Waals surface area contributed by atoms with E-state index in [4.69, 9.17) is 4.74 Å². The Morgan fingerprint density at radius 3 is 2.81 bits per heavy atom. The standard InChI is InChI=1S/C15H21BrN4O/c1-11-15(9-17-6-7-21-3)12(2)20(19-11)10-14-5-4-13(16)8-18-14/h4-5,8,17H,6-7,9-10H2,1-3H3. The number of aromatic nitrogens is 3. The highest BCUT2D eigenvalue weighted by Gasteiger charge is 2.11. The van der Waals surface area contributed by atoms with Crippen molar-refractivity contribution in [3.8, 4) is 0 Å². The lowest BCUT2D eigenvalue weighted by atomic mass is 10.2. The van der Waals surface area contributed by atoms with Gasteiger partial charge >= 0.3 is 0 Å². The van der Waals surface area contributed by atoms with Crippen molar-refractivity contribution in [2.24, 2.45) is 0 Å². The fraction of sp³-hybridized carbons (Fsp3) is 0.467. The summed E-state index contributed by atoms with van der Waals surface area (Å²) in [5.74, 6) is 0. The van der Waals surface area contributed by atoms with Gasteiger partial charge < -0.3 is 10.1 Å². The van der Waals surface area contributed by atoms with E-state index in [0.717, 1.165) is 35.6 Å². The van der Waals surface area contributed by atoms with Crippen molar-refractivity contribution < 1.29 is 4.74 Å². The van der Waals surface area contributed by atoms with E-state index in [-0.39, 0.29) is 0 Å². The Morgan fingerprint density at radius 1 is 1.33 bits per heavy atom. The maximum atomic E-state index is 5.04. The van der Waals surface area contributed by atoms with E-state index in [1.807, 2.05) is 29.9 Å². The van der Waals surface area contributed by atoms with Crippen molar-refractivity contribution in [2.75, 3.05) is 20.3 Å². The lowest BCUT2D eigenvalue weighted by molar-refractivity contribution is 0.199. The zero-order valence-corrected chi connectivity index (χ0v) is 14.3. The number of hydrogen-bond donors (Lipinski definition) is 1. The Balaban J connectivity index is 2.05. The first-order valence-electron chi connectivity index (χ1n) is 6.94. The van der Waals surface area contributed by atoms with Crippen LogP contribution in [-0.4, -0.2) is 35.0 Å². The normalized spacial score (nSPS) is 11.0. The van der Waals surface area contributed by atoms with Gasteiger partial charge in [0.25, 0.3) is 0 Å². The molecule has 0 atom stereocenters. The summed E-state index contributed by atoms with van der Waals surface area (Å²) in [4.78, 5) is 4.40. The fourth-order valence-electron chi connectivity index (χ4n) is 2.18. The first-order chi connectivity index (χ1) is 10.1. The summed E-state index contributed by atoms with van der Waals surface area (Å²) < 4.78 is 8.04. The van der Waals surface area contributed by atoms with Crippen LogP contribution in [0.15, 0.2) is 22.8 Å². The smallest absolute Gasteiger partial charge is 0.0834 e. The zero-order valence-electron chi connectivity index (χ0n) is 12.7. The molecule has 2 aromatic rings. The second kappa shape index (κ2) is 7.68. The van der Waals surface area contributed by atoms with E-state index in [2.05, 4.69) is 38.3 Å². The molecule has 21 heavy (non-hydrogen) atoms. The average molecular weight is 353 g/mol. The van der Waals surface area contributed by atoms with Crippen molar-refractivity contribution in [3.05, 3.63) is 45.4 Å². The molecule has 6 heteroatoms. The first kappa shape index (κ1) is 16.1. The number of ether oxygens (including phenoxy) is 1. The summed E-state index contributed by atoms with van der Waals surface area (Å²) in [6.07, 6.45) is 1.81. The van der Waals surface area contributed by atoms with Gasteiger partial charge in [0.15, 0.2) is 0 Å². The van der Waals surface area contributed by atoms with Gasteiger partial charge in [0.05, 0.1) is 24.5 Å². The summed E-state index contributed by atoms with van der Waals surface area (Å²) in [7, 11) is 1.71. The van der Waals surface area contributed by atoms with Crippen molar-refractivity contribution in [1.82, 2.24) is 20.1 Å². The van der Waals surface area contributed by atoms with E-state index < -0.39 is 0 Å². The van der Waals surface area contributed by atoms with Crippen LogP contribution in [0.3, 0.4) is 0 Å². The van der Waals surface area contributed by atoms with Crippen LogP contribution < -0.4 is 5.32 Å². The van der Waals surface area contributed by atoms with Crippen LogP contribution in [0.1, 0.15) is 22.6 Å². The van der Waals surface area contributed by atoms with Gasteiger partial charge in [-0.15, -0.1) is 0 Å². The van der Waals surface area contributed by atoms with Gasteiger partial charge in [-0.25, -0.2) is 0 Å². The predicted octanol–water partition coefficient (Wildman–Crippen LogP) is 2.44. The van der Waals surface area contributed by atoms with Gasteiger partial charge in [-0.2, -0.15) is 5.10 Å². The molecule has 0 aromatic carbocycles. The SMILES string of the molecule is COCCNCc1c(C)nn(Cc2ccc(Br)cn2)c1C. The van der Waals surface area contributed by atoms with E-state index in [1.54, 1.807) is 7.11 Å². The van der Waals surface area contributed by atoms with Crippen molar-refractivity contribution in [1.29, 1.82) is 0 Å². The third-order valence-electron chi connectivity index (χ3n) is 3.42. The Kier molecular flexibility index (Phi) is 5.90. The van der Waals surface area contributed by atoms with Gasteiger partial charge in [0.2, 0.25) is 0 Å². The number of rotatable bonds is 7. The molecule has 0 spiro atoms. The fourth-order valence-corrected chi connectivity index (χ4v) is 2.42. The Bertz CT molecular complexity index is 580. The van der Waals surface area contributed by atoms with Crippen LogP contribution in [0.4, 0.5) is 0 Å². The summed E-state index contributed by atoms with van der Waals surface area (Å²) in [6.45, 7) is 7.22. The van der Waals surface area contributed by atoms with E-state index in [9.17, 15) is 0 Å². The van der Waals surface area contributed by atoms with Crippen LogP contribution in [0.25, 0.3) is 0 Å². The van der Waals surface area contributed by atoms with E-state index in [1.165, 1.54) is 11.3 Å². The maximum Gasteiger partial charge on any atom is 0.0834 e. The molecule has 0 unspecified atom stereocenters. The number of hydrogen-bond acceptors (Lipinski definition) is 4. The molecule has 2 rings (SSSR count). The van der Waals surface area contributed by atoms with Gasteiger partial charge in [0, 0.05) is 42.1 Å². The maximum absolute atomic E-state index is 5.04. The highest BCUT2D eigenvalue weighted by Crippen LogP contribution is 2.15. The van der Waals surface area contributed by atoms with Crippen LogP contribution in [0.5, 0.6) is 0 Å². The molecule has 0 saturated heterocycles. The number of nitrogens with one attached hydrogen (secondary N) is 1. The third kappa shape index (κ3) is 4.36. The summed E-state index contributed by atoms with van der Waals surface area (Å²) in [5, 5.41) is 7.99. The molecule has 0 fully saturated rings. The van der Waals surface area contributed by atoms with Crippen LogP contribution in [-0.2, 0) is 17.8 Å². The molecule has 0 amide bonds. The predicted molar refractivity (Wildman–Crippen MR) is 86.3 cm³/mol. The molecular weight excluding hydrogens is 332 g/mol. The topological polar surface area (TPSA) is 52.0 Å². The monoisotopic (exact) mass is 352 g/mol. The lowest BCUT2D eigenvalue weighted by Gasteiger charge is -2.06. The van der Waals surface area contributed by atoms with Gasteiger partial charge in [0.1, 0.15) is 0 Å². The molecule has 0 saturated carbocycles. The van der Waals surface area contributed by atoms with E-state index in [0.29, 0.717) is 6.54 Å². The molecule has 0 radical (unpaired) electrons. The number of halogens is 1. The van der Waals surface area contributed by atoms with Crippen LogP contribution in [0.2, 0.25) is 0 Å². The first-order valence-corrected chi connectivity index (χ1v) is 7.74. The quantitative estimate of drug-likeness (QED) is 0.777. The van der Waals surface area contributed by atoms with Crippen molar-refractivity contribution in [3.63, 3.8) is 0 Å². The minimum absolute atomic E-state index is 0.692. The highest BCUT2D eigenvalue weighted by atomic mass is 79.9. The Labute approximate surface area is 133 Å². The minimum Gasteiger partial charge on any atom is -0.383 e. The van der Waals surface area contributed by atoms with Gasteiger partial charge in [-0.3, -0.25) is 9.67 Å². The molecule has 114 valence electrons. The molecule has 0 aliphatic rings. The number of aryl methyl sites for hydroxylation is 1. The molecule has 0 aliphatic carbocycles. The molecule has 5 nitrogen and oxygen atoms in total. The van der Waals surface area contributed by atoms with Crippen molar-refractivity contribution >= 4 is 15.9 Å². The lowest BCUT2D eigenvalue weighted by Crippen LogP contribution is -2.19. The van der Waals surface area contributed by atoms with Gasteiger partial charge in [-0.05, 0) is 41.9 Å². The van der Waals surface area contributed by atoms with Crippen LogP contribution in [0, 0.1) is 13.8 Å². The number of pyridine rings is 1. The van der Waals surface area contributed by atoms with Gasteiger partial charge in [-0.1, -0.05) is 0 Å². The average Bonchev–Trinajstić information content (AvgIpc) is 2.73. The number of methoxy groups -OCH3 is 1. The third-order valence-corrected chi connectivity index (χ3v) is 3.89. The molecule has 0 bridgehead atoms. The van der Waals surface area contributed by atoms with Crippen LogP contribution >= 0.6 is 15.9 Å². The Hall–Kier alpha value is -1.24. The zero-order chi connectivity index (χ0) is 15.2. The largest absolute Gasteiger partial charge is 0.383 e. The summed E-state index contributed by atoms with van der Waals surface area (Å²) in [5.41, 5.74) is 4.50. The molecule has 2 heterocycles. The molecular formula is C15H21BrN4O. The van der Waals surface area contributed by atoms with Crippen molar-refractivity contribution in [2.45, 2.75) is 26.9 Å². The summed E-state index contributed by atoms with van der Waals surface area (Å²) >= 11 is 3.40. The second-order valence-corrected chi connectivity index (χ2v) is 5.86. The molecule has 2 aromatic heterocycles. The summed E-state index contributed by atoms with van der Waals surface area (Å²) in [6, 6.07) is 4.01. The highest BCUT2D eigenvalue weighted by molar-refractivity contribution is 9.10. The molecule has 0 aliphatic heterocycles. The Morgan fingerprint density at radius 2 is 2.14 bits per heavy atom. The minimum atomic E-state index is 0.692. The molecule has 1 N–H and O–H groups in total. The second-order valence-electron chi connectivity index (χ2n) is 4.94. The van der Waals surface area contributed by atoms with E-state index >= 15 is 0 Å². The number of nitrogens with zero attached hydrogens (tertiary/aromatic N) is 3.